The van der Waals surface area contributed by atoms with E-state index < -0.39 is 11.5 Å². The molecule has 0 radical (unpaired) electrons. The minimum atomic E-state index is -0.965. The lowest BCUT2D eigenvalue weighted by molar-refractivity contribution is -0.143. The van der Waals surface area contributed by atoms with Crippen LogP contribution in [0.3, 0.4) is 0 Å². The number of carboxylic acids is 1. The lowest BCUT2D eigenvalue weighted by Gasteiger charge is -2.27. The standard InChI is InChI=1S/C5H12NO2PS/c1-3(10)5(2,6-9)4(7)8/h3,6,10H,9H2,1-2H3,(H,7,8). The first-order chi connectivity index (χ1) is 4.45. The lowest BCUT2D eigenvalue weighted by Crippen LogP contribution is -2.51. The Labute approximate surface area is 68.2 Å². The van der Waals surface area contributed by atoms with E-state index >= 15 is 0 Å². The number of hydrogen-bond donors (Lipinski definition) is 3. The molecule has 0 aliphatic heterocycles. The Morgan fingerprint density at radius 1 is 1.90 bits per heavy atom. The molecule has 0 aromatic rings. The molecule has 0 fully saturated rings. The zero-order valence-corrected chi connectivity index (χ0v) is 8.01. The Kier molecular flexibility index (Phi) is 3.63. The maximum Gasteiger partial charge on any atom is 0.325 e. The van der Waals surface area contributed by atoms with Crippen LogP contribution in [0.4, 0.5) is 0 Å². The van der Waals surface area contributed by atoms with Crippen molar-refractivity contribution in [1.29, 1.82) is 0 Å². The second-order valence-electron chi connectivity index (χ2n) is 2.33. The molecule has 3 atom stereocenters. The Bertz CT molecular complexity index is 142. The number of nitrogens with one attached hydrogen (secondary N) is 1. The van der Waals surface area contributed by atoms with Gasteiger partial charge < -0.3 is 5.11 Å². The first kappa shape index (κ1) is 10.2. The Balaban J connectivity index is 4.38. The Morgan fingerprint density at radius 2 is 2.30 bits per heavy atom. The minimum Gasteiger partial charge on any atom is -0.480 e. The second kappa shape index (κ2) is 3.56. The molecular weight excluding hydrogens is 169 g/mol. The van der Waals surface area contributed by atoms with Gasteiger partial charge >= 0.3 is 5.97 Å². The number of aliphatic carboxylic acids is 1. The molecule has 3 nitrogen and oxygen atoms in total. The third-order valence-corrected chi connectivity index (χ3v) is 2.70. The zero-order valence-electron chi connectivity index (χ0n) is 5.96. The van der Waals surface area contributed by atoms with Crippen LogP contribution in [0.2, 0.25) is 0 Å². The fourth-order valence-electron chi connectivity index (χ4n) is 0.361. The van der Waals surface area contributed by atoms with E-state index in [1.54, 1.807) is 13.8 Å². The van der Waals surface area contributed by atoms with Crippen LogP contribution in [-0.2, 0) is 4.79 Å². The van der Waals surface area contributed by atoms with Crippen LogP contribution in [0, 0.1) is 0 Å². The summed E-state index contributed by atoms with van der Waals surface area (Å²) >= 11 is 4.04. The molecule has 3 unspecified atom stereocenters. The number of carbonyl (C=O) groups is 1. The summed E-state index contributed by atoms with van der Waals surface area (Å²) in [6.45, 7) is 3.31. The highest BCUT2D eigenvalue weighted by molar-refractivity contribution is 7.81. The van der Waals surface area contributed by atoms with Crippen molar-refractivity contribution in [2.75, 3.05) is 0 Å². The van der Waals surface area contributed by atoms with Crippen molar-refractivity contribution in [3.63, 3.8) is 0 Å². The van der Waals surface area contributed by atoms with E-state index in [-0.39, 0.29) is 5.25 Å². The molecule has 0 saturated carbocycles. The monoisotopic (exact) mass is 181 g/mol. The molecule has 0 saturated heterocycles. The quantitative estimate of drug-likeness (QED) is 0.439. The fourth-order valence-corrected chi connectivity index (χ4v) is 1.06. The topological polar surface area (TPSA) is 49.3 Å². The van der Waals surface area contributed by atoms with Gasteiger partial charge in [0.15, 0.2) is 0 Å². The third kappa shape index (κ3) is 1.84. The Morgan fingerprint density at radius 3 is 2.30 bits per heavy atom. The number of thiol groups is 1. The summed E-state index contributed by atoms with van der Waals surface area (Å²) in [4.78, 5) is 10.6. The number of carboxylic acid groups (broad SMARTS) is 1. The second-order valence-corrected chi connectivity index (χ2v) is 3.39. The van der Waals surface area contributed by atoms with E-state index in [0.29, 0.717) is 0 Å². The summed E-state index contributed by atoms with van der Waals surface area (Å²) in [6, 6.07) is 0. The molecule has 0 spiro atoms. The van der Waals surface area contributed by atoms with Crippen molar-refractivity contribution in [3.05, 3.63) is 0 Å². The summed E-state index contributed by atoms with van der Waals surface area (Å²) in [7, 11) is 2.18. The average molecular weight is 181 g/mol. The van der Waals surface area contributed by atoms with Crippen LogP contribution in [0.1, 0.15) is 13.8 Å². The molecule has 0 aliphatic carbocycles. The number of hydrogen-bond acceptors (Lipinski definition) is 3. The largest absolute Gasteiger partial charge is 0.480 e. The minimum absolute atomic E-state index is 0.234. The van der Waals surface area contributed by atoms with Crippen LogP contribution < -0.4 is 5.09 Å². The van der Waals surface area contributed by atoms with Gasteiger partial charge in [0.05, 0.1) is 0 Å². The van der Waals surface area contributed by atoms with Crippen molar-refractivity contribution >= 4 is 28.0 Å². The van der Waals surface area contributed by atoms with Crippen LogP contribution in [0.25, 0.3) is 0 Å². The van der Waals surface area contributed by atoms with Gasteiger partial charge in [0, 0.05) is 5.25 Å². The van der Waals surface area contributed by atoms with E-state index in [2.05, 4.69) is 27.1 Å². The van der Waals surface area contributed by atoms with Gasteiger partial charge in [-0.2, -0.15) is 12.6 Å². The predicted molar refractivity (Wildman–Crippen MR) is 47.3 cm³/mol. The molecule has 0 rings (SSSR count). The first-order valence-corrected chi connectivity index (χ1v) is 3.93. The van der Waals surface area contributed by atoms with Gasteiger partial charge in [-0.1, -0.05) is 16.3 Å². The van der Waals surface area contributed by atoms with Crippen molar-refractivity contribution in [2.45, 2.75) is 24.6 Å². The van der Waals surface area contributed by atoms with Gasteiger partial charge in [0.2, 0.25) is 0 Å². The van der Waals surface area contributed by atoms with Gasteiger partial charge in [-0.25, -0.2) is 0 Å². The molecule has 5 heteroatoms. The van der Waals surface area contributed by atoms with Gasteiger partial charge in [0.1, 0.15) is 5.54 Å². The van der Waals surface area contributed by atoms with Crippen molar-refractivity contribution < 1.29 is 9.90 Å². The summed E-state index contributed by atoms with van der Waals surface area (Å²) in [6.07, 6.45) is 0. The summed E-state index contributed by atoms with van der Waals surface area (Å²) < 4.78 is 0. The van der Waals surface area contributed by atoms with Crippen molar-refractivity contribution in [2.24, 2.45) is 0 Å². The smallest absolute Gasteiger partial charge is 0.325 e. The average Bonchev–Trinajstić information content (AvgIpc) is 1.85. The molecule has 0 heterocycles. The summed E-state index contributed by atoms with van der Waals surface area (Å²) in [5.74, 6) is -0.898. The maximum absolute atomic E-state index is 10.6. The van der Waals surface area contributed by atoms with Gasteiger partial charge in [-0.05, 0) is 6.92 Å². The highest BCUT2D eigenvalue weighted by Crippen LogP contribution is 2.16. The van der Waals surface area contributed by atoms with Crippen LogP contribution in [0.15, 0.2) is 0 Å². The van der Waals surface area contributed by atoms with E-state index in [9.17, 15) is 4.79 Å². The van der Waals surface area contributed by atoms with Crippen LogP contribution in [-0.4, -0.2) is 21.9 Å². The highest BCUT2D eigenvalue weighted by Gasteiger charge is 2.35. The SMILES string of the molecule is CC(S)C(C)(NP)C(=O)O. The molecule has 0 aromatic carbocycles. The molecule has 60 valence electrons. The van der Waals surface area contributed by atoms with Gasteiger partial charge in [-0.3, -0.25) is 9.88 Å². The maximum atomic E-state index is 10.6. The molecule has 2 N–H and O–H groups in total. The van der Waals surface area contributed by atoms with Gasteiger partial charge in [-0.15, -0.1) is 0 Å². The fraction of sp³-hybridized carbons (Fsp3) is 0.800. The number of rotatable bonds is 3. The Hall–Kier alpha value is 0.210. The van der Waals surface area contributed by atoms with Crippen molar-refractivity contribution in [1.82, 2.24) is 5.09 Å². The van der Waals surface area contributed by atoms with E-state index in [4.69, 9.17) is 5.11 Å². The molecule has 0 aliphatic rings. The van der Waals surface area contributed by atoms with Crippen LogP contribution >= 0.6 is 22.0 Å². The van der Waals surface area contributed by atoms with E-state index in [0.717, 1.165) is 0 Å². The van der Waals surface area contributed by atoms with E-state index in [1.807, 2.05) is 0 Å². The highest BCUT2D eigenvalue weighted by atomic mass is 32.1. The molecule has 0 amide bonds. The first-order valence-electron chi connectivity index (χ1n) is 2.84. The van der Waals surface area contributed by atoms with Crippen LogP contribution in [0.5, 0.6) is 0 Å². The molecule has 0 aromatic heterocycles. The summed E-state index contributed by atoms with van der Waals surface area (Å²) in [5, 5.41) is 11.1. The summed E-state index contributed by atoms with van der Waals surface area (Å²) in [5.41, 5.74) is -0.965. The third-order valence-electron chi connectivity index (χ3n) is 1.58. The van der Waals surface area contributed by atoms with Gasteiger partial charge in [0.25, 0.3) is 0 Å². The molecular formula is C5H12NO2PS. The lowest BCUT2D eigenvalue weighted by atomic mass is 10.0. The molecule has 0 bridgehead atoms. The zero-order chi connectivity index (χ0) is 8.36. The predicted octanol–water partition coefficient (Wildman–Crippen LogP) is 0.528. The van der Waals surface area contributed by atoms with Crippen molar-refractivity contribution in [3.8, 4) is 0 Å². The normalized spacial score (nSPS) is 19.6. The molecule has 10 heavy (non-hydrogen) atoms. The van der Waals surface area contributed by atoms with E-state index in [1.165, 1.54) is 0 Å².